The van der Waals surface area contributed by atoms with Crippen LogP contribution >= 0.6 is 11.3 Å². The molecule has 1 atom stereocenters. The van der Waals surface area contributed by atoms with Crippen molar-refractivity contribution in [3.63, 3.8) is 0 Å². The van der Waals surface area contributed by atoms with E-state index in [2.05, 4.69) is 4.98 Å². The zero-order chi connectivity index (χ0) is 16.2. The molecule has 1 saturated heterocycles. The topological polar surface area (TPSA) is 79.7 Å². The van der Waals surface area contributed by atoms with Crippen LogP contribution in [0.5, 0.6) is 0 Å². The second-order valence-corrected chi connectivity index (χ2v) is 6.16. The molecule has 6 nitrogen and oxygen atoms in total. The summed E-state index contributed by atoms with van der Waals surface area (Å²) in [5.41, 5.74) is 0.952. The number of rotatable bonds is 4. The molecule has 2 heterocycles. The maximum absolute atomic E-state index is 12.3. The molecule has 1 aliphatic rings. The van der Waals surface area contributed by atoms with Gasteiger partial charge in [0.25, 0.3) is 0 Å². The summed E-state index contributed by atoms with van der Waals surface area (Å²) in [6.07, 6.45) is 1.24. The molecule has 120 valence electrons. The first-order chi connectivity index (χ1) is 11.1. The average Bonchev–Trinajstić information content (AvgIpc) is 3.22. The molecule has 2 aromatic rings. The van der Waals surface area contributed by atoms with Crippen molar-refractivity contribution in [3.05, 3.63) is 52.0 Å². The van der Waals surface area contributed by atoms with Crippen molar-refractivity contribution >= 4 is 23.4 Å². The minimum Gasteiger partial charge on any atom is -0.476 e. The number of carboxylic acids is 1. The number of carbonyl (C=O) groups excluding carboxylic acids is 1. The molecule has 3 rings (SSSR count). The van der Waals surface area contributed by atoms with Crippen LogP contribution in [0.25, 0.3) is 0 Å². The predicted molar refractivity (Wildman–Crippen MR) is 84.4 cm³/mol. The van der Waals surface area contributed by atoms with Crippen LogP contribution in [0.4, 0.5) is 4.79 Å². The van der Waals surface area contributed by atoms with E-state index in [0.29, 0.717) is 11.6 Å². The van der Waals surface area contributed by atoms with E-state index < -0.39 is 5.97 Å². The highest BCUT2D eigenvalue weighted by Gasteiger charge is 2.33. The van der Waals surface area contributed by atoms with Crippen LogP contribution < -0.4 is 0 Å². The Balaban J connectivity index is 1.65. The third-order valence-corrected chi connectivity index (χ3v) is 4.66. The lowest BCUT2D eigenvalue weighted by atomic mass is 10.2. The number of hydrogen-bond acceptors (Lipinski definition) is 5. The molecule has 1 N–H and O–H groups in total. The zero-order valence-electron chi connectivity index (χ0n) is 12.3. The summed E-state index contributed by atoms with van der Waals surface area (Å²) >= 11 is 1.27. The molecular formula is C16H16N2O4S. The number of amides is 1. The summed E-state index contributed by atoms with van der Waals surface area (Å²) in [4.78, 5) is 29.0. The lowest BCUT2D eigenvalue weighted by Crippen LogP contribution is -2.31. The highest BCUT2D eigenvalue weighted by Crippen LogP contribution is 2.34. The number of hydrogen-bond donors (Lipinski definition) is 1. The van der Waals surface area contributed by atoms with Gasteiger partial charge in [-0.05, 0) is 18.4 Å². The third kappa shape index (κ3) is 3.50. The fourth-order valence-corrected chi connectivity index (χ4v) is 3.52. The molecule has 1 unspecified atom stereocenters. The van der Waals surface area contributed by atoms with Crippen LogP contribution in [-0.2, 0) is 11.3 Å². The average molecular weight is 332 g/mol. The highest BCUT2D eigenvalue weighted by atomic mass is 32.1. The molecule has 1 amide bonds. The van der Waals surface area contributed by atoms with Gasteiger partial charge in [0.2, 0.25) is 0 Å². The molecule has 0 spiro atoms. The number of ether oxygens (including phenoxy) is 1. The van der Waals surface area contributed by atoms with Crippen molar-refractivity contribution in [2.75, 3.05) is 6.54 Å². The minimum atomic E-state index is -1.05. The number of carboxylic acid groups (broad SMARTS) is 1. The van der Waals surface area contributed by atoms with Crippen LogP contribution in [0.1, 0.15) is 39.9 Å². The van der Waals surface area contributed by atoms with Crippen molar-refractivity contribution in [1.82, 2.24) is 9.88 Å². The lowest BCUT2D eigenvalue weighted by molar-refractivity contribution is 0.0691. The normalized spacial score (nSPS) is 17.2. The largest absolute Gasteiger partial charge is 0.476 e. The quantitative estimate of drug-likeness (QED) is 0.929. The van der Waals surface area contributed by atoms with Crippen molar-refractivity contribution in [3.8, 4) is 0 Å². The number of aromatic nitrogens is 1. The van der Waals surface area contributed by atoms with E-state index in [1.54, 1.807) is 4.90 Å². The van der Waals surface area contributed by atoms with Gasteiger partial charge in [-0.15, -0.1) is 11.3 Å². The Morgan fingerprint density at radius 2 is 2.13 bits per heavy atom. The molecule has 0 aliphatic carbocycles. The molecule has 1 aromatic heterocycles. The summed E-state index contributed by atoms with van der Waals surface area (Å²) in [6, 6.07) is 9.29. The van der Waals surface area contributed by atoms with Crippen molar-refractivity contribution < 1.29 is 19.4 Å². The second kappa shape index (κ2) is 6.78. The smallest absolute Gasteiger partial charge is 0.410 e. The van der Waals surface area contributed by atoms with E-state index in [0.717, 1.165) is 18.4 Å². The number of likely N-dealkylation sites (tertiary alicyclic amines) is 1. The number of thiazole rings is 1. The van der Waals surface area contributed by atoms with Crippen molar-refractivity contribution in [1.29, 1.82) is 0 Å². The van der Waals surface area contributed by atoms with Crippen LogP contribution in [-0.4, -0.2) is 33.6 Å². The molecule has 0 bridgehead atoms. The van der Waals surface area contributed by atoms with E-state index >= 15 is 0 Å². The predicted octanol–water partition coefficient (Wildman–Crippen LogP) is 3.32. The number of carbonyl (C=O) groups is 2. The Bertz CT molecular complexity index is 701. The minimum absolute atomic E-state index is 0.0227. The first-order valence-electron chi connectivity index (χ1n) is 7.31. The molecule has 23 heavy (non-hydrogen) atoms. The second-order valence-electron chi connectivity index (χ2n) is 5.27. The fraction of sp³-hybridized carbons (Fsp3) is 0.312. The van der Waals surface area contributed by atoms with Gasteiger partial charge in [-0.25, -0.2) is 14.6 Å². The van der Waals surface area contributed by atoms with E-state index in [9.17, 15) is 9.59 Å². The molecule has 7 heteroatoms. The zero-order valence-corrected chi connectivity index (χ0v) is 13.2. The van der Waals surface area contributed by atoms with E-state index in [4.69, 9.17) is 9.84 Å². The van der Waals surface area contributed by atoms with Gasteiger partial charge in [-0.1, -0.05) is 30.3 Å². The summed E-state index contributed by atoms with van der Waals surface area (Å²) < 4.78 is 5.37. The van der Waals surface area contributed by atoms with E-state index in [1.165, 1.54) is 16.7 Å². The molecule has 1 aliphatic heterocycles. The van der Waals surface area contributed by atoms with Gasteiger partial charge in [-0.3, -0.25) is 4.90 Å². The summed E-state index contributed by atoms with van der Waals surface area (Å²) in [7, 11) is 0. The first kappa shape index (κ1) is 15.5. The van der Waals surface area contributed by atoms with Crippen LogP contribution in [0, 0.1) is 0 Å². The standard InChI is InChI=1S/C16H16N2O4S/c19-15(20)12-10-23-14(17-12)13-7-4-8-18(13)16(21)22-9-11-5-2-1-3-6-11/h1-3,5-6,10,13H,4,7-9H2,(H,19,20). The van der Waals surface area contributed by atoms with Gasteiger partial charge in [0, 0.05) is 11.9 Å². The summed E-state index contributed by atoms with van der Waals surface area (Å²) in [5.74, 6) is -1.05. The van der Waals surface area contributed by atoms with Gasteiger partial charge >= 0.3 is 12.1 Å². The van der Waals surface area contributed by atoms with Crippen LogP contribution in [0.3, 0.4) is 0 Å². The fourth-order valence-electron chi connectivity index (χ4n) is 2.58. The summed E-state index contributed by atoms with van der Waals surface area (Å²) in [5, 5.41) is 11.1. The van der Waals surface area contributed by atoms with Gasteiger partial charge < -0.3 is 9.84 Å². The van der Waals surface area contributed by atoms with Crippen molar-refractivity contribution in [2.45, 2.75) is 25.5 Å². The Labute approximate surface area is 137 Å². The van der Waals surface area contributed by atoms with Gasteiger partial charge in [-0.2, -0.15) is 0 Å². The van der Waals surface area contributed by atoms with Crippen molar-refractivity contribution in [2.24, 2.45) is 0 Å². The SMILES string of the molecule is O=C(O)c1csc(C2CCCN2C(=O)OCc2ccccc2)n1. The highest BCUT2D eigenvalue weighted by molar-refractivity contribution is 7.09. The lowest BCUT2D eigenvalue weighted by Gasteiger charge is -2.22. The van der Waals surface area contributed by atoms with Crippen LogP contribution in [0.2, 0.25) is 0 Å². The molecule has 1 aromatic carbocycles. The molecule has 1 fully saturated rings. The Hall–Kier alpha value is -2.41. The van der Waals surface area contributed by atoms with E-state index in [1.807, 2.05) is 30.3 Å². The molecule has 0 saturated carbocycles. The van der Waals surface area contributed by atoms with Gasteiger partial charge in [0.1, 0.15) is 11.6 Å². The number of nitrogens with zero attached hydrogens (tertiary/aromatic N) is 2. The maximum Gasteiger partial charge on any atom is 0.410 e. The van der Waals surface area contributed by atoms with Gasteiger partial charge in [0.05, 0.1) is 6.04 Å². The summed E-state index contributed by atoms with van der Waals surface area (Å²) in [6.45, 7) is 0.821. The Morgan fingerprint density at radius 1 is 1.35 bits per heavy atom. The molecule has 0 radical (unpaired) electrons. The maximum atomic E-state index is 12.3. The monoisotopic (exact) mass is 332 g/mol. The van der Waals surface area contributed by atoms with E-state index in [-0.39, 0.29) is 24.4 Å². The number of aromatic carboxylic acids is 1. The van der Waals surface area contributed by atoms with Crippen LogP contribution in [0.15, 0.2) is 35.7 Å². The Morgan fingerprint density at radius 3 is 2.83 bits per heavy atom. The third-order valence-electron chi connectivity index (χ3n) is 3.72. The van der Waals surface area contributed by atoms with Gasteiger partial charge in [0.15, 0.2) is 5.69 Å². The number of benzene rings is 1. The first-order valence-corrected chi connectivity index (χ1v) is 8.19. The molecular weight excluding hydrogens is 316 g/mol. The Kier molecular flexibility index (Phi) is 4.57.